The molecule has 1 aromatic heterocycles. The molecular weight excluding hydrogens is 416 g/mol. The molecule has 0 radical (unpaired) electrons. The highest BCUT2D eigenvalue weighted by Crippen LogP contribution is 2.42. The first-order valence-corrected chi connectivity index (χ1v) is 12.6. The molecule has 2 atom stereocenters. The molecular formula is C23H26N2O3S2. The van der Waals surface area contributed by atoms with E-state index in [1.165, 1.54) is 49.9 Å². The summed E-state index contributed by atoms with van der Waals surface area (Å²) in [6, 6.07) is 3.83. The third kappa shape index (κ3) is 3.56. The van der Waals surface area contributed by atoms with Crippen molar-refractivity contribution in [3.8, 4) is 0 Å². The van der Waals surface area contributed by atoms with E-state index in [1.807, 2.05) is 24.3 Å². The van der Waals surface area contributed by atoms with Crippen molar-refractivity contribution >= 4 is 50.3 Å². The average molecular weight is 443 g/mol. The summed E-state index contributed by atoms with van der Waals surface area (Å²) in [5.41, 5.74) is 0.110. The second kappa shape index (κ2) is 8.35. The number of anilines is 1. The number of nitrogens with zero attached hydrogens (tertiary/aromatic N) is 2. The summed E-state index contributed by atoms with van der Waals surface area (Å²) in [6.45, 7) is 4.07. The number of ketones is 2. The van der Waals surface area contributed by atoms with E-state index >= 15 is 0 Å². The van der Waals surface area contributed by atoms with Crippen LogP contribution in [-0.2, 0) is 9.59 Å². The van der Waals surface area contributed by atoms with Crippen molar-refractivity contribution in [2.75, 3.05) is 31.1 Å². The lowest BCUT2D eigenvalue weighted by atomic mass is 10.0. The van der Waals surface area contributed by atoms with Crippen LogP contribution in [0.4, 0.5) is 5.00 Å². The highest BCUT2D eigenvalue weighted by molar-refractivity contribution is 8.15. The lowest BCUT2D eigenvalue weighted by Crippen LogP contribution is -2.30. The van der Waals surface area contributed by atoms with Crippen molar-refractivity contribution in [1.29, 1.82) is 0 Å². The normalized spacial score (nSPS) is 27.7. The molecule has 4 aliphatic rings. The summed E-state index contributed by atoms with van der Waals surface area (Å²) in [6.07, 6.45) is 11.2. The first kappa shape index (κ1) is 20.1. The van der Waals surface area contributed by atoms with Gasteiger partial charge >= 0.3 is 0 Å². The number of rotatable bonds is 3. The number of thioether (sulfide) groups is 1. The monoisotopic (exact) mass is 442 g/mol. The smallest absolute Gasteiger partial charge is 0.235 e. The van der Waals surface area contributed by atoms with Crippen LogP contribution in [0.1, 0.15) is 43.4 Å². The van der Waals surface area contributed by atoms with Gasteiger partial charge in [0.1, 0.15) is 13.1 Å². The molecule has 4 heterocycles. The van der Waals surface area contributed by atoms with Crippen LogP contribution >= 0.6 is 23.1 Å². The van der Waals surface area contributed by atoms with Crippen molar-refractivity contribution < 1.29 is 19.3 Å². The van der Waals surface area contributed by atoms with E-state index < -0.39 is 17.5 Å². The molecule has 5 nitrogen and oxygen atoms in total. The number of allylic oxidation sites excluding steroid dienone is 2. The second-order valence-electron chi connectivity index (χ2n) is 8.42. The average Bonchev–Trinajstić information content (AvgIpc) is 3.49. The van der Waals surface area contributed by atoms with Gasteiger partial charge in [0.25, 0.3) is 0 Å². The fraction of sp³-hybridized carbons (Fsp3) is 0.522. The third-order valence-corrected chi connectivity index (χ3v) is 8.95. The quantitative estimate of drug-likeness (QED) is 0.532. The van der Waals surface area contributed by atoms with Crippen LogP contribution in [0.15, 0.2) is 30.0 Å². The van der Waals surface area contributed by atoms with E-state index in [1.54, 1.807) is 11.8 Å². The summed E-state index contributed by atoms with van der Waals surface area (Å²) in [5.74, 6) is -2.31. The van der Waals surface area contributed by atoms with E-state index in [2.05, 4.69) is 9.48 Å². The largest absolute Gasteiger partial charge is 0.874 e. The minimum absolute atomic E-state index is 0.110. The molecule has 158 valence electrons. The first-order valence-electron chi connectivity index (χ1n) is 10.9. The Balaban J connectivity index is 1.39. The van der Waals surface area contributed by atoms with Gasteiger partial charge in [0.05, 0.1) is 10.9 Å². The van der Waals surface area contributed by atoms with Gasteiger partial charge in [-0.3, -0.25) is 9.59 Å². The number of carbonyl (C=O) groups is 2. The standard InChI is InChI=1S/C23H26N2O3S2/c26-21-19(15-7-9-17(29-15)24-11-3-1-4-12-24)22(27)23(28)20(21)16-8-10-18(30-16)25-13-5-2-6-14-25/h7-10,15,19H,1-6,11-14H2. The molecule has 0 bridgehead atoms. The van der Waals surface area contributed by atoms with E-state index in [-0.39, 0.29) is 16.6 Å². The second-order valence-corrected chi connectivity index (χ2v) is 10.7. The molecule has 7 heteroatoms. The van der Waals surface area contributed by atoms with Crippen LogP contribution in [0.5, 0.6) is 0 Å². The Morgan fingerprint density at radius 1 is 1.00 bits per heavy atom. The van der Waals surface area contributed by atoms with Gasteiger partial charge in [-0.25, -0.2) is 4.58 Å². The fourth-order valence-corrected chi connectivity index (χ4v) is 7.21. The Hall–Kier alpha value is -1.86. The van der Waals surface area contributed by atoms with E-state index in [9.17, 15) is 14.7 Å². The van der Waals surface area contributed by atoms with Gasteiger partial charge in [-0.15, -0.1) is 17.1 Å². The first-order chi connectivity index (χ1) is 14.6. The SMILES string of the molecule is O=C1C(=O)C(C2C=CC(=[N+]3CCCCC3)S2)C([O-])=C1c1ccc(N2CCCCC2)s1. The zero-order valence-electron chi connectivity index (χ0n) is 17.0. The number of hydrogen-bond donors (Lipinski definition) is 0. The topological polar surface area (TPSA) is 63.4 Å². The van der Waals surface area contributed by atoms with E-state index in [0.717, 1.165) is 36.2 Å². The highest BCUT2D eigenvalue weighted by Gasteiger charge is 2.43. The molecule has 30 heavy (non-hydrogen) atoms. The van der Waals surface area contributed by atoms with Crippen LogP contribution < -0.4 is 10.0 Å². The van der Waals surface area contributed by atoms with Gasteiger partial charge in [0, 0.05) is 47.7 Å². The van der Waals surface area contributed by atoms with Crippen molar-refractivity contribution in [3.05, 3.63) is 34.9 Å². The maximum atomic E-state index is 13.2. The summed E-state index contributed by atoms with van der Waals surface area (Å²) >= 11 is 3.04. The van der Waals surface area contributed by atoms with Crippen LogP contribution in [0.25, 0.3) is 5.57 Å². The zero-order chi connectivity index (χ0) is 20.7. The van der Waals surface area contributed by atoms with Crippen molar-refractivity contribution in [1.82, 2.24) is 0 Å². The summed E-state index contributed by atoms with van der Waals surface area (Å²) in [7, 11) is 0. The lowest BCUT2D eigenvalue weighted by Gasteiger charge is -2.27. The minimum atomic E-state index is -0.878. The lowest BCUT2D eigenvalue weighted by molar-refractivity contribution is -0.534. The predicted molar refractivity (Wildman–Crippen MR) is 120 cm³/mol. The highest BCUT2D eigenvalue weighted by atomic mass is 32.2. The molecule has 0 amide bonds. The summed E-state index contributed by atoms with van der Waals surface area (Å²) < 4.78 is 2.34. The Morgan fingerprint density at radius 2 is 1.73 bits per heavy atom. The molecule has 0 aromatic carbocycles. The summed E-state index contributed by atoms with van der Waals surface area (Å²) in [5, 5.41) is 15.2. The molecule has 0 spiro atoms. The molecule has 1 aromatic rings. The van der Waals surface area contributed by atoms with Crippen LogP contribution in [0.3, 0.4) is 0 Å². The number of carbonyl (C=O) groups excluding carboxylic acids is 2. The zero-order valence-corrected chi connectivity index (χ0v) is 18.6. The van der Waals surface area contributed by atoms with E-state index in [0.29, 0.717) is 4.88 Å². The predicted octanol–water partition coefficient (Wildman–Crippen LogP) is 2.84. The van der Waals surface area contributed by atoms with Crippen LogP contribution in [-0.4, -0.2) is 52.6 Å². The number of Topliss-reactive ketones (excluding diaryl/α,β-unsaturated/α-hetero) is 2. The minimum Gasteiger partial charge on any atom is -0.874 e. The molecule has 0 saturated carbocycles. The van der Waals surface area contributed by atoms with Gasteiger partial charge in [-0.2, -0.15) is 0 Å². The molecule has 5 rings (SSSR count). The number of thiophene rings is 1. The number of piperidine rings is 2. The molecule has 0 N–H and O–H groups in total. The van der Waals surface area contributed by atoms with Gasteiger partial charge < -0.3 is 10.0 Å². The molecule has 1 aliphatic carbocycles. The van der Waals surface area contributed by atoms with Crippen LogP contribution in [0.2, 0.25) is 0 Å². The van der Waals surface area contributed by atoms with Crippen LogP contribution in [0, 0.1) is 5.92 Å². The van der Waals surface area contributed by atoms with Gasteiger partial charge in [-0.1, -0.05) is 6.08 Å². The molecule has 3 aliphatic heterocycles. The van der Waals surface area contributed by atoms with E-state index in [4.69, 9.17) is 0 Å². The Morgan fingerprint density at radius 3 is 2.50 bits per heavy atom. The Labute approximate surface area is 185 Å². The van der Waals surface area contributed by atoms with Crippen molar-refractivity contribution in [3.63, 3.8) is 0 Å². The van der Waals surface area contributed by atoms with Crippen molar-refractivity contribution in [2.24, 2.45) is 5.92 Å². The maximum Gasteiger partial charge on any atom is 0.235 e. The molecule has 2 fully saturated rings. The number of hydrogen-bond acceptors (Lipinski definition) is 6. The van der Waals surface area contributed by atoms with Gasteiger partial charge in [0.2, 0.25) is 16.6 Å². The third-order valence-electron chi connectivity index (χ3n) is 6.45. The van der Waals surface area contributed by atoms with Gasteiger partial charge in [0.15, 0.2) is 0 Å². The van der Waals surface area contributed by atoms with Crippen molar-refractivity contribution in [2.45, 2.75) is 43.8 Å². The summed E-state index contributed by atoms with van der Waals surface area (Å²) in [4.78, 5) is 28.6. The maximum absolute atomic E-state index is 13.2. The Kier molecular flexibility index (Phi) is 5.58. The molecule has 2 saturated heterocycles. The fourth-order valence-electron chi connectivity index (χ4n) is 4.80. The molecule has 2 unspecified atom stereocenters. The van der Waals surface area contributed by atoms with Gasteiger partial charge in [-0.05, 0) is 49.6 Å². The Bertz CT molecular complexity index is 961.